The van der Waals surface area contributed by atoms with E-state index >= 15 is 0 Å². The summed E-state index contributed by atoms with van der Waals surface area (Å²) in [7, 11) is 0. The Kier molecular flexibility index (Phi) is 2.84. The van der Waals surface area contributed by atoms with Gasteiger partial charge in [-0.3, -0.25) is 0 Å². The van der Waals surface area contributed by atoms with Gasteiger partial charge >= 0.3 is 0 Å². The number of aryl methyl sites for hydroxylation is 1. The lowest BCUT2D eigenvalue weighted by Gasteiger charge is -2.12. The number of phenols is 1. The number of nitrogen functional groups attached to an aromatic ring is 1. The average Bonchev–Trinajstić information content (AvgIpc) is 2.37. The van der Waals surface area contributed by atoms with Crippen LogP contribution in [0.3, 0.4) is 0 Å². The Morgan fingerprint density at radius 3 is 2.56 bits per heavy atom. The highest BCUT2D eigenvalue weighted by Crippen LogP contribution is 2.36. The molecular weight excluding hydrogens is 236 g/mol. The van der Waals surface area contributed by atoms with E-state index in [0.29, 0.717) is 23.1 Å². The topological polar surface area (TPSA) is 46.2 Å². The van der Waals surface area contributed by atoms with E-state index in [4.69, 9.17) is 12.2 Å². The summed E-state index contributed by atoms with van der Waals surface area (Å²) in [6, 6.07) is 3.02. The number of fused-ring (bicyclic) bond motifs is 1. The van der Waals surface area contributed by atoms with E-state index in [2.05, 4.69) is 5.92 Å². The molecule has 0 bridgehead atoms. The normalized spacial score (nSPS) is 10.6. The standard InChI is InChI=1S/C14H11F2NO/c1-3-7-5-8(17)6-10-11(7)9(4-2)12(15)13(16)14(10)18/h2,5-6,18H,3,17H2,1H3. The Bertz CT molecular complexity index is 687. The number of phenolic OH excluding ortho intramolecular Hbond substituents is 1. The van der Waals surface area contributed by atoms with Crippen molar-refractivity contribution in [2.75, 3.05) is 5.73 Å². The molecule has 0 atom stereocenters. The van der Waals surface area contributed by atoms with Crippen LogP contribution in [0.15, 0.2) is 12.1 Å². The maximum absolute atomic E-state index is 13.7. The van der Waals surface area contributed by atoms with Crippen LogP contribution in [-0.4, -0.2) is 5.11 Å². The zero-order valence-electron chi connectivity index (χ0n) is 9.72. The lowest BCUT2D eigenvalue weighted by Crippen LogP contribution is -1.98. The lowest BCUT2D eigenvalue weighted by atomic mass is 9.95. The van der Waals surface area contributed by atoms with Gasteiger partial charge in [0.1, 0.15) is 0 Å². The Balaban J connectivity index is 3.11. The number of terminal acetylenes is 1. The highest BCUT2D eigenvalue weighted by atomic mass is 19.2. The van der Waals surface area contributed by atoms with Gasteiger partial charge in [0.25, 0.3) is 0 Å². The SMILES string of the molecule is C#Cc1c(F)c(F)c(O)c2cc(N)cc(CC)c12. The predicted molar refractivity (Wildman–Crippen MR) is 67.3 cm³/mol. The summed E-state index contributed by atoms with van der Waals surface area (Å²) in [6.07, 6.45) is 5.77. The molecule has 0 spiro atoms. The molecule has 2 nitrogen and oxygen atoms in total. The van der Waals surface area contributed by atoms with Crippen molar-refractivity contribution in [1.82, 2.24) is 0 Å². The molecule has 3 N–H and O–H groups in total. The Hall–Kier alpha value is -2.28. The molecule has 2 aromatic carbocycles. The quantitative estimate of drug-likeness (QED) is 0.601. The zero-order valence-corrected chi connectivity index (χ0v) is 9.72. The number of nitrogens with two attached hydrogens (primary N) is 1. The van der Waals surface area contributed by atoms with Crippen molar-refractivity contribution in [2.24, 2.45) is 0 Å². The predicted octanol–water partition coefficient (Wildman–Crippen LogP) is 2.95. The van der Waals surface area contributed by atoms with Crippen molar-refractivity contribution in [2.45, 2.75) is 13.3 Å². The van der Waals surface area contributed by atoms with Crippen molar-refractivity contribution in [3.63, 3.8) is 0 Å². The fourth-order valence-electron chi connectivity index (χ4n) is 2.06. The molecule has 92 valence electrons. The second-order valence-corrected chi connectivity index (χ2v) is 3.95. The minimum Gasteiger partial charge on any atom is -0.504 e. The summed E-state index contributed by atoms with van der Waals surface area (Å²) in [4.78, 5) is 0. The summed E-state index contributed by atoms with van der Waals surface area (Å²) >= 11 is 0. The first-order valence-electron chi connectivity index (χ1n) is 5.39. The van der Waals surface area contributed by atoms with E-state index in [1.54, 1.807) is 6.07 Å². The van der Waals surface area contributed by atoms with Crippen molar-refractivity contribution in [3.8, 4) is 18.1 Å². The van der Waals surface area contributed by atoms with E-state index in [-0.39, 0.29) is 10.9 Å². The van der Waals surface area contributed by atoms with Crippen LogP contribution in [0.4, 0.5) is 14.5 Å². The van der Waals surface area contributed by atoms with E-state index in [0.717, 1.165) is 0 Å². The number of aromatic hydroxyl groups is 1. The Labute approximate surface area is 103 Å². The van der Waals surface area contributed by atoms with Crippen LogP contribution in [0.5, 0.6) is 5.75 Å². The lowest BCUT2D eigenvalue weighted by molar-refractivity contribution is 0.412. The fraction of sp³-hybridized carbons (Fsp3) is 0.143. The Morgan fingerprint density at radius 1 is 1.33 bits per heavy atom. The molecule has 0 aromatic heterocycles. The molecule has 0 saturated heterocycles. The van der Waals surface area contributed by atoms with Crippen LogP contribution < -0.4 is 5.73 Å². The van der Waals surface area contributed by atoms with Crippen molar-refractivity contribution in [3.05, 3.63) is 34.9 Å². The van der Waals surface area contributed by atoms with Gasteiger partial charge in [-0.2, -0.15) is 4.39 Å². The second kappa shape index (κ2) is 4.19. The molecule has 0 aliphatic rings. The maximum Gasteiger partial charge on any atom is 0.202 e. The smallest absolute Gasteiger partial charge is 0.202 e. The molecule has 0 aliphatic heterocycles. The first kappa shape index (κ1) is 12.2. The third-order valence-electron chi connectivity index (χ3n) is 2.89. The van der Waals surface area contributed by atoms with Gasteiger partial charge in [0, 0.05) is 16.5 Å². The molecule has 2 rings (SSSR count). The summed E-state index contributed by atoms with van der Waals surface area (Å²) in [5.41, 5.74) is 6.52. The molecule has 4 heteroatoms. The van der Waals surface area contributed by atoms with Crippen LogP contribution >= 0.6 is 0 Å². The monoisotopic (exact) mass is 247 g/mol. The maximum atomic E-state index is 13.7. The van der Waals surface area contributed by atoms with Crippen molar-refractivity contribution < 1.29 is 13.9 Å². The molecule has 0 unspecified atom stereocenters. The van der Waals surface area contributed by atoms with Gasteiger partial charge in [-0.05, 0) is 24.1 Å². The number of rotatable bonds is 1. The number of hydrogen-bond donors (Lipinski definition) is 2. The highest BCUT2D eigenvalue weighted by molar-refractivity contribution is 5.97. The van der Waals surface area contributed by atoms with Gasteiger partial charge in [-0.15, -0.1) is 6.42 Å². The molecular formula is C14H11F2NO. The molecule has 0 aliphatic carbocycles. The van der Waals surface area contributed by atoms with Gasteiger partial charge in [-0.25, -0.2) is 4.39 Å². The van der Waals surface area contributed by atoms with E-state index < -0.39 is 17.4 Å². The zero-order chi connectivity index (χ0) is 13.4. The molecule has 0 amide bonds. The summed E-state index contributed by atoms with van der Waals surface area (Å²) < 4.78 is 27.2. The largest absolute Gasteiger partial charge is 0.504 e. The van der Waals surface area contributed by atoms with Gasteiger partial charge in [-0.1, -0.05) is 12.8 Å². The third-order valence-corrected chi connectivity index (χ3v) is 2.89. The van der Waals surface area contributed by atoms with E-state index in [1.807, 2.05) is 6.92 Å². The summed E-state index contributed by atoms with van der Waals surface area (Å²) in [5.74, 6) is -1.18. The van der Waals surface area contributed by atoms with Gasteiger partial charge in [0.15, 0.2) is 11.6 Å². The average molecular weight is 247 g/mol. The van der Waals surface area contributed by atoms with Crippen molar-refractivity contribution in [1.29, 1.82) is 0 Å². The Morgan fingerprint density at radius 2 is 2.00 bits per heavy atom. The highest BCUT2D eigenvalue weighted by Gasteiger charge is 2.20. The van der Waals surface area contributed by atoms with Crippen LogP contribution in [0.25, 0.3) is 10.8 Å². The van der Waals surface area contributed by atoms with Crippen molar-refractivity contribution >= 4 is 16.5 Å². The first-order chi connectivity index (χ1) is 8.51. The molecule has 2 aromatic rings. The molecule has 0 heterocycles. The third kappa shape index (κ3) is 1.56. The number of benzene rings is 2. The van der Waals surface area contributed by atoms with Gasteiger partial charge in [0.05, 0.1) is 5.56 Å². The minimum atomic E-state index is -1.34. The minimum absolute atomic E-state index is 0.138. The number of anilines is 1. The summed E-state index contributed by atoms with van der Waals surface area (Å²) in [6.45, 7) is 1.84. The molecule has 18 heavy (non-hydrogen) atoms. The molecule has 0 fully saturated rings. The second-order valence-electron chi connectivity index (χ2n) is 3.95. The van der Waals surface area contributed by atoms with Crippen LogP contribution in [0, 0.1) is 24.0 Å². The molecule has 0 saturated carbocycles. The molecule has 0 radical (unpaired) electrons. The van der Waals surface area contributed by atoms with E-state index in [1.165, 1.54) is 6.07 Å². The fourth-order valence-corrected chi connectivity index (χ4v) is 2.06. The summed E-state index contributed by atoms with van der Waals surface area (Å²) in [5, 5.41) is 10.1. The number of hydrogen-bond acceptors (Lipinski definition) is 2. The van der Waals surface area contributed by atoms with Gasteiger partial charge < -0.3 is 10.8 Å². The van der Waals surface area contributed by atoms with Gasteiger partial charge in [0.2, 0.25) is 5.82 Å². The van der Waals surface area contributed by atoms with Crippen LogP contribution in [0.1, 0.15) is 18.1 Å². The number of halogens is 2. The van der Waals surface area contributed by atoms with E-state index in [9.17, 15) is 13.9 Å². The van der Waals surface area contributed by atoms with Crippen LogP contribution in [0.2, 0.25) is 0 Å². The first-order valence-corrected chi connectivity index (χ1v) is 5.39. The van der Waals surface area contributed by atoms with Crippen LogP contribution in [-0.2, 0) is 6.42 Å².